The Bertz CT molecular complexity index is 459. The topological polar surface area (TPSA) is 32.3 Å². The molecule has 4 heteroatoms. The summed E-state index contributed by atoms with van der Waals surface area (Å²) in [5.74, 6) is 0.145. The summed E-state index contributed by atoms with van der Waals surface area (Å²) < 4.78 is 0.895. The van der Waals surface area contributed by atoms with Crippen LogP contribution in [0.3, 0.4) is 0 Å². The molecule has 1 aromatic carbocycles. The molecule has 0 aliphatic carbocycles. The van der Waals surface area contributed by atoms with Crippen LogP contribution in [0.1, 0.15) is 35.2 Å². The monoisotopic (exact) mass is 324 g/mol. The van der Waals surface area contributed by atoms with Gasteiger partial charge in [-0.05, 0) is 66.9 Å². The second-order valence-corrected chi connectivity index (χ2v) is 6.04. The van der Waals surface area contributed by atoms with E-state index >= 15 is 0 Å². The Morgan fingerprint density at radius 3 is 2.95 bits per heavy atom. The number of hydrogen-bond acceptors (Lipinski definition) is 2. The van der Waals surface area contributed by atoms with Gasteiger partial charge in [0.2, 0.25) is 0 Å². The molecule has 104 valence electrons. The average molecular weight is 325 g/mol. The van der Waals surface area contributed by atoms with Gasteiger partial charge in [0.1, 0.15) is 0 Å². The second-order valence-electron chi connectivity index (χ2n) is 5.19. The molecule has 1 heterocycles. The summed E-state index contributed by atoms with van der Waals surface area (Å²) in [4.78, 5) is 14.7. The van der Waals surface area contributed by atoms with E-state index in [4.69, 9.17) is 0 Å². The van der Waals surface area contributed by atoms with E-state index in [1.165, 1.54) is 6.42 Å². The summed E-state index contributed by atoms with van der Waals surface area (Å²) in [6.45, 7) is 3.77. The minimum Gasteiger partial charge on any atom is -0.334 e. The molecule has 1 aliphatic heterocycles. The zero-order valence-electron chi connectivity index (χ0n) is 11.6. The number of likely N-dealkylation sites (N-methyl/N-ethyl adjacent to an activating group) is 1. The average Bonchev–Trinajstić information content (AvgIpc) is 2.39. The van der Waals surface area contributed by atoms with E-state index in [1.807, 2.05) is 37.1 Å². The highest BCUT2D eigenvalue weighted by Gasteiger charge is 2.27. The van der Waals surface area contributed by atoms with Crippen molar-refractivity contribution in [3.8, 4) is 0 Å². The summed E-state index contributed by atoms with van der Waals surface area (Å²) in [5, 5.41) is 3.19. The molecule has 1 aliphatic rings. The molecule has 0 radical (unpaired) electrons. The highest BCUT2D eigenvalue weighted by molar-refractivity contribution is 9.10. The number of likely N-dealkylation sites (tertiary alicyclic amines) is 1. The normalized spacial score (nSPS) is 19.5. The third-order valence-electron chi connectivity index (χ3n) is 3.68. The maximum Gasteiger partial charge on any atom is 0.255 e. The first kappa shape index (κ1) is 14.5. The number of hydrogen-bond donors (Lipinski definition) is 1. The molecule has 1 atom stereocenters. The molecule has 1 amide bonds. The van der Waals surface area contributed by atoms with Crippen molar-refractivity contribution in [1.29, 1.82) is 0 Å². The van der Waals surface area contributed by atoms with Gasteiger partial charge in [0.05, 0.1) is 5.56 Å². The van der Waals surface area contributed by atoms with E-state index in [-0.39, 0.29) is 5.91 Å². The minimum atomic E-state index is 0.145. The number of rotatable bonds is 3. The summed E-state index contributed by atoms with van der Waals surface area (Å²) in [6, 6.07) is 6.24. The van der Waals surface area contributed by atoms with Gasteiger partial charge in [0.15, 0.2) is 0 Å². The fourth-order valence-electron chi connectivity index (χ4n) is 2.66. The fourth-order valence-corrected chi connectivity index (χ4v) is 3.33. The fraction of sp³-hybridized carbons (Fsp3) is 0.533. The van der Waals surface area contributed by atoms with Crippen LogP contribution in [-0.2, 0) is 0 Å². The first-order valence-corrected chi connectivity index (χ1v) is 7.64. The Morgan fingerprint density at radius 2 is 2.26 bits per heavy atom. The molecule has 0 spiro atoms. The van der Waals surface area contributed by atoms with Crippen molar-refractivity contribution < 1.29 is 4.79 Å². The van der Waals surface area contributed by atoms with Crippen LogP contribution in [0.25, 0.3) is 0 Å². The Morgan fingerprint density at radius 1 is 1.47 bits per heavy atom. The first-order valence-electron chi connectivity index (χ1n) is 6.85. The molecule has 1 fully saturated rings. The Labute approximate surface area is 123 Å². The molecule has 1 aromatic rings. The van der Waals surface area contributed by atoms with Crippen LogP contribution in [0, 0.1) is 6.92 Å². The van der Waals surface area contributed by atoms with Crippen LogP contribution in [0.4, 0.5) is 0 Å². The quantitative estimate of drug-likeness (QED) is 0.927. The molecule has 1 saturated heterocycles. The molecule has 0 aromatic heterocycles. The Balaban J connectivity index is 2.21. The van der Waals surface area contributed by atoms with E-state index < -0.39 is 0 Å². The van der Waals surface area contributed by atoms with Crippen molar-refractivity contribution in [2.45, 2.75) is 32.2 Å². The molecule has 3 nitrogen and oxygen atoms in total. The van der Waals surface area contributed by atoms with Crippen LogP contribution >= 0.6 is 15.9 Å². The van der Waals surface area contributed by atoms with Gasteiger partial charge in [-0.1, -0.05) is 6.07 Å². The van der Waals surface area contributed by atoms with E-state index in [1.54, 1.807) is 0 Å². The van der Waals surface area contributed by atoms with Crippen LogP contribution in [-0.4, -0.2) is 37.0 Å². The lowest BCUT2D eigenvalue weighted by atomic mass is 10.0. The third-order valence-corrected chi connectivity index (χ3v) is 4.34. The van der Waals surface area contributed by atoms with Gasteiger partial charge in [-0.15, -0.1) is 0 Å². The van der Waals surface area contributed by atoms with Gasteiger partial charge in [-0.3, -0.25) is 4.79 Å². The number of aryl methyl sites for hydroxylation is 1. The van der Waals surface area contributed by atoms with Gasteiger partial charge < -0.3 is 10.2 Å². The molecule has 0 saturated carbocycles. The number of nitrogens with one attached hydrogen (secondary N) is 1. The number of carbonyl (C=O) groups excluding carboxylic acids is 1. The maximum atomic E-state index is 12.7. The lowest BCUT2D eigenvalue weighted by molar-refractivity contribution is 0.0614. The predicted molar refractivity (Wildman–Crippen MR) is 81.5 cm³/mol. The predicted octanol–water partition coefficient (Wildman–Crippen LogP) is 2.97. The van der Waals surface area contributed by atoms with Crippen molar-refractivity contribution in [2.24, 2.45) is 0 Å². The van der Waals surface area contributed by atoms with Crippen LogP contribution in [0.2, 0.25) is 0 Å². The maximum absolute atomic E-state index is 12.7. The largest absolute Gasteiger partial charge is 0.334 e. The second kappa shape index (κ2) is 6.53. The van der Waals surface area contributed by atoms with Crippen LogP contribution < -0.4 is 5.32 Å². The first-order chi connectivity index (χ1) is 9.13. The minimum absolute atomic E-state index is 0.145. The molecule has 19 heavy (non-hydrogen) atoms. The Kier molecular flexibility index (Phi) is 4.99. The highest BCUT2D eigenvalue weighted by Crippen LogP contribution is 2.24. The van der Waals surface area contributed by atoms with Crippen LogP contribution in [0.5, 0.6) is 0 Å². The molecular formula is C15H21BrN2O. The van der Waals surface area contributed by atoms with Crippen molar-refractivity contribution in [2.75, 3.05) is 20.1 Å². The SMILES string of the molecule is CNCC1CCCCN1C(=O)c1ccc(C)cc1Br. The van der Waals surface area contributed by atoms with Crippen LogP contribution in [0.15, 0.2) is 22.7 Å². The Hall–Kier alpha value is -0.870. The number of piperidine rings is 1. The zero-order valence-corrected chi connectivity index (χ0v) is 13.2. The molecule has 0 bridgehead atoms. The summed E-state index contributed by atoms with van der Waals surface area (Å²) >= 11 is 3.51. The molecular weight excluding hydrogens is 304 g/mol. The van der Waals surface area contributed by atoms with Crippen molar-refractivity contribution >= 4 is 21.8 Å². The summed E-state index contributed by atoms with van der Waals surface area (Å²) in [6.07, 6.45) is 3.41. The van der Waals surface area contributed by atoms with Crippen molar-refractivity contribution in [1.82, 2.24) is 10.2 Å². The molecule has 1 N–H and O–H groups in total. The van der Waals surface area contributed by atoms with Gasteiger partial charge in [0, 0.05) is 23.6 Å². The summed E-state index contributed by atoms with van der Waals surface area (Å²) in [7, 11) is 1.94. The van der Waals surface area contributed by atoms with Crippen molar-refractivity contribution in [3.05, 3.63) is 33.8 Å². The van der Waals surface area contributed by atoms with Gasteiger partial charge in [-0.25, -0.2) is 0 Å². The standard InChI is InChI=1S/C15H21BrN2O/c1-11-6-7-13(14(16)9-11)15(19)18-8-4-3-5-12(18)10-17-2/h6-7,9,12,17H,3-5,8,10H2,1-2H3. The van der Waals surface area contributed by atoms with E-state index in [2.05, 4.69) is 21.2 Å². The highest BCUT2D eigenvalue weighted by atomic mass is 79.9. The number of amides is 1. The summed E-state index contributed by atoms with van der Waals surface area (Å²) in [5.41, 5.74) is 1.93. The zero-order chi connectivity index (χ0) is 13.8. The smallest absolute Gasteiger partial charge is 0.255 e. The third kappa shape index (κ3) is 3.37. The number of halogens is 1. The lowest BCUT2D eigenvalue weighted by Gasteiger charge is -2.36. The van der Waals surface area contributed by atoms with Gasteiger partial charge >= 0.3 is 0 Å². The number of nitrogens with zero attached hydrogens (tertiary/aromatic N) is 1. The van der Waals surface area contributed by atoms with E-state index in [0.717, 1.165) is 41.5 Å². The van der Waals surface area contributed by atoms with Gasteiger partial charge in [0.25, 0.3) is 5.91 Å². The lowest BCUT2D eigenvalue weighted by Crippen LogP contribution is -2.48. The number of benzene rings is 1. The number of carbonyl (C=O) groups is 1. The van der Waals surface area contributed by atoms with E-state index in [9.17, 15) is 4.79 Å². The van der Waals surface area contributed by atoms with Gasteiger partial charge in [-0.2, -0.15) is 0 Å². The van der Waals surface area contributed by atoms with E-state index in [0.29, 0.717) is 6.04 Å². The molecule has 2 rings (SSSR count). The molecule has 1 unspecified atom stereocenters. The van der Waals surface area contributed by atoms with Crippen molar-refractivity contribution in [3.63, 3.8) is 0 Å².